The number of carbonyl (C=O) groups excluding carboxylic acids is 1. The first-order valence-corrected chi connectivity index (χ1v) is 9.40. The predicted octanol–water partition coefficient (Wildman–Crippen LogP) is 1.74. The zero-order valence-electron chi connectivity index (χ0n) is 13.9. The summed E-state index contributed by atoms with van der Waals surface area (Å²) in [6, 6.07) is 11.9. The molecule has 0 spiro atoms. The van der Waals surface area contributed by atoms with Gasteiger partial charge in [0.15, 0.2) is 11.5 Å². The van der Waals surface area contributed by atoms with Gasteiger partial charge in [-0.05, 0) is 35.9 Å². The number of nitrogens with one attached hydrogen (secondary N) is 1. The summed E-state index contributed by atoms with van der Waals surface area (Å²) in [4.78, 5) is 12.3. The standard InChI is InChI=1S/C17H18N2O5S/c1-19(25(2,21)22)14-5-3-4-13(9-14)17(20)18-10-12-6-7-15-16(8-12)24-11-23-15/h3-9H,10-11H2,1-2H3,(H,18,20). The largest absolute Gasteiger partial charge is 0.454 e. The Balaban J connectivity index is 1.69. The molecule has 0 aromatic heterocycles. The van der Waals surface area contributed by atoms with Crippen LogP contribution in [0.4, 0.5) is 5.69 Å². The lowest BCUT2D eigenvalue weighted by Gasteiger charge is -2.17. The van der Waals surface area contributed by atoms with E-state index in [1.54, 1.807) is 24.3 Å². The summed E-state index contributed by atoms with van der Waals surface area (Å²) >= 11 is 0. The Morgan fingerprint density at radius 2 is 1.92 bits per heavy atom. The number of fused-ring (bicyclic) bond motifs is 1. The summed E-state index contributed by atoms with van der Waals surface area (Å²) in [6.07, 6.45) is 1.11. The van der Waals surface area contributed by atoms with Crippen molar-refractivity contribution in [3.05, 3.63) is 53.6 Å². The monoisotopic (exact) mass is 362 g/mol. The van der Waals surface area contributed by atoms with Crippen molar-refractivity contribution in [1.82, 2.24) is 5.32 Å². The Bertz CT molecular complexity index is 911. The van der Waals surface area contributed by atoms with Crippen LogP contribution < -0.4 is 19.1 Å². The number of anilines is 1. The lowest BCUT2D eigenvalue weighted by atomic mass is 10.1. The molecule has 2 aromatic carbocycles. The van der Waals surface area contributed by atoms with Crippen LogP contribution in [0, 0.1) is 0 Å². The quantitative estimate of drug-likeness (QED) is 0.876. The van der Waals surface area contributed by atoms with Crippen molar-refractivity contribution in [2.75, 3.05) is 24.4 Å². The summed E-state index contributed by atoms with van der Waals surface area (Å²) in [5.41, 5.74) is 1.69. The van der Waals surface area contributed by atoms with Crippen molar-refractivity contribution < 1.29 is 22.7 Å². The molecule has 1 amide bonds. The number of ether oxygens (including phenoxy) is 2. The fourth-order valence-electron chi connectivity index (χ4n) is 2.37. The fourth-order valence-corrected chi connectivity index (χ4v) is 2.87. The SMILES string of the molecule is CN(c1cccc(C(=O)NCc2ccc3c(c2)OCO3)c1)S(C)(=O)=O. The summed E-state index contributed by atoms with van der Waals surface area (Å²) in [7, 11) is -1.94. The van der Waals surface area contributed by atoms with Crippen molar-refractivity contribution >= 4 is 21.6 Å². The van der Waals surface area contributed by atoms with Gasteiger partial charge in [0.1, 0.15) is 0 Å². The third kappa shape index (κ3) is 3.85. The zero-order chi connectivity index (χ0) is 18.0. The summed E-state index contributed by atoms with van der Waals surface area (Å²) in [5, 5.41) is 2.81. The van der Waals surface area contributed by atoms with Crippen LogP contribution >= 0.6 is 0 Å². The van der Waals surface area contributed by atoms with E-state index in [2.05, 4.69) is 5.32 Å². The molecule has 0 fully saturated rings. The van der Waals surface area contributed by atoms with E-state index >= 15 is 0 Å². The summed E-state index contributed by atoms with van der Waals surface area (Å²) in [6.45, 7) is 0.521. The molecule has 1 heterocycles. The topological polar surface area (TPSA) is 84.9 Å². The van der Waals surface area contributed by atoms with E-state index in [9.17, 15) is 13.2 Å². The van der Waals surface area contributed by atoms with Gasteiger partial charge in [-0.2, -0.15) is 0 Å². The molecule has 0 saturated heterocycles. The molecule has 3 rings (SSSR count). The van der Waals surface area contributed by atoms with Crippen molar-refractivity contribution in [2.24, 2.45) is 0 Å². The van der Waals surface area contributed by atoms with E-state index < -0.39 is 10.0 Å². The second-order valence-electron chi connectivity index (χ2n) is 5.65. The normalized spacial score (nSPS) is 12.7. The average molecular weight is 362 g/mol. The van der Waals surface area contributed by atoms with Crippen LogP contribution in [0.25, 0.3) is 0 Å². The first kappa shape index (κ1) is 17.1. The van der Waals surface area contributed by atoms with Crippen LogP contribution in [0.5, 0.6) is 11.5 Å². The maximum Gasteiger partial charge on any atom is 0.251 e. The molecule has 2 aromatic rings. The molecular formula is C17H18N2O5S. The number of rotatable bonds is 5. The van der Waals surface area contributed by atoms with Gasteiger partial charge >= 0.3 is 0 Å². The van der Waals surface area contributed by atoms with Gasteiger partial charge in [0.2, 0.25) is 16.8 Å². The molecule has 1 aliphatic rings. The number of sulfonamides is 1. The molecule has 0 saturated carbocycles. The van der Waals surface area contributed by atoms with Gasteiger partial charge in [0.25, 0.3) is 5.91 Å². The van der Waals surface area contributed by atoms with Gasteiger partial charge in [0, 0.05) is 19.2 Å². The highest BCUT2D eigenvalue weighted by Gasteiger charge is 2.15. The van der Waals surface area contributed by atoms with Crippen molar-refractivity contribution in [3.8, 4) is 11.5 Å². The van der Waals surface area contributed by atoms with Crippen LogP contribution in [0.2, 0.25) is 0 Å². The maximum atomic E-state index is 12.3. The van der Waals surface area contributed by atoms with Crippen LogP contribution in [0.3, 0.4) is 0 Å². The molecule has 1 aliphatic heterocycles. The van der Waals surface area contributed by atoms with Gasteiger partial charge < -0.3 is 14.8 Å². The zero-order valence-corrected chi connectivity index (χ0v) is 14.7. The van der Waals surface area contributed by atoms with Crippen molar-refractivity contribution in [2.45, 2.75) is 6.54 Å². The first-order valence-electron chi connectivity index (χ1n) is 7.55. The van der Waals surface area contributed by atoms with Gasteiger partial charge in [-0.25, -0.2) is 8.42 Å². The van der Waals surface area contributed by atoms with Crippen molar-refractivity contribution in [1.29, 1.82) is 0 Å². The van der Waals surface area contributed by atoms with Crippen LogP contribution in [-0.2, 0) is 16.6 Å². The summed E-state index contributed by atoms with van der Waals surface area (Å²) < 4.78 is 34.9. The van der Waals surface area contributed by atoms with Crippen LogP contribution in [0.1, 0.15) is 15.9 Å². The lowest BCUT2D eigenvalue weighted by Crippen LogP contribution is -2.26. The Hall–Kier alpha value is -2.74. The molecule has 7 nitrogen and oxygen atoms in total. The van der Waals surface area contributed by atoms with E-state index in [0.717, 1.165) is 16.1 Å². The Morgan fingerprint density at radius 1 is 1.16 bits per heavy atom. The van der Waals surface area contributed by atoms with Crippen LogP contribution in [0.15, 0.2) is 42.5 Å². The minimum atomic E-state index is -3.38. The second-order valence-corrected chi connectivity index (χ2v) is 7.66. The molecule has 0 aliphatic carbocycles. The highest BCUT2D eigenvalue weighted by atomic mass is 32.2. The molecule has 0 unspecified atom stereocenters. The van der Waals surface area contributed by atoms with Crippen LogP contribution in [-0.4, -0.2) is 34.4 Å². The van der Waals surface area contributed by atoms with E-state index in [1.807, 2.05) is 12.1 Å². The highest BCUT2D eigenvalue weighted by Crippen LogP contribution is 2.32. The number of nitrogens with zero attached hydrogens (tertiary/aromatic N) is 1. The number of hydrogen-bond acceptors (Lipinski definition) is 5. The Morgan fingerprint density at radius 3 is 2.68 bits per heavy atom. The Labute approximate surface area is 146 Å². The van der Waals surface area contributed by atoms with Gasteiger partial charge in [-0.15, -0.1) is 0 Å². The van der Waals surface area contributed by atoms with E-state index in [0.29, 0.717) is 29.3 Å². The maximum absolute atomic E-state index is 12.3. The van der Waals surface area contributed by atoms with E-state index in [1.165, 1.54) is 13.1 Å². The third-order valence-electron chi connectivity index (χ3n) is 3.86. The van der Waals surface area contributed by atoms with E-state index in [-0.39, 0.29) is 12.7 Å². The Kier molecular flexibility index (Phi) is 4.54. The molecule has 0 bridgehead atoms. The van der Waals surface area contributed by atoms with Gasteiger partial charge in [-0.1, -0.05) is 12.1 Å². The van der Waals surface area contributed by atoms with Gasteiger partial charge in [-0.3, -0.25) is 9.10 Å². The third-order valence-corrected chi connectivity index (χ3v) is 5.07. The molecule has 0 atom stereocenters. The number of amides is 1. The van der Waals surface area contributed by atoms with Gasteiger partial charge in [0.05, 0.1) is 11.9 Å². The lowest BCUT2D eigenvalue weighted by molar-refractivity contribution is 0.0951. The smallest absolute Gasteiger partial charge is 0.251 e. The second kappa shape index (κ2) is 6.64. The molecular weight excluding hydrogens is 344 g/mol. The predicted molar refractivity (Wildman–Crippen MR) is 93.4 cm³/mol. The number of hydrogen-bond donors (Lipinski definition) is 1. The average Bonchev–Trinajstić information content (AvgIpc) is 3.06. The minimum absolute atomic E-state index is 0.200. The molecule has 0 radical (unpaired) electrons. The van der Waals surface area contributed by atoms with Crippen molar-refractivity contribution in [3.63, 3.8) is 0 Å². The number of benzene rings is 2. The molecule has 25 heavy (non-hydrogen) atoms. The molecule has 1 N–H and O–H groups in total. The summed E-state index contributed by atoms with van der Waals surface area (Å²) in [5.74, 6) is 1.05. The highest BCUT2D eigenvalue weighted by molar-refractivity contribution is 7.92. The molecule has 132 valence electrons. The minimum Gasteiger partial charge on any atom is -0.454 e. The van der Waals surface area contributed by atoms with E-state index in [4.69, 9.17) is 9.47 Å². The molecule has 8 heteroatoms. The first-order chi connectivity index (χ1) is 11.8. The number of carbonyl (C=O) groups is 1. The fraction of sp³-hybridized carbons (Fsp3) is 0.235.